The third kappa shape index (κ3) is 2.43. The number of nitro groups is 1. The van der Waals surface area contributed by atoms with Crippen LogP contribution in [0.2, 0.25) is 0 Å². The van der Waals surface area contributed by atoms with Crippen molar-refractivity contribution in [2.45, 2.75) is 6.43 Å². The number of alkyl halides is 2. The van der Waals surface area contributed by atoms with E-state index in [0.29, 0.717) is 0 Å². The molecule has 0 aromatic carbocycles. The van der Waals surface area contributed by atoms with Gasteiger partial charge >= 0.3 is 0 Å². The summed E-state index contributed by atoms with van der Waals surface area (Å²) in [4.78, 5) is 23.9. The molecular formula is C7H2ClF2IN2O3. The van der Waals surface area contributed by atoms with Gasteiger partial charge in [0.2, 0.25) is 0 Å². The quantitative estimate of drug-likeness (QED) is 0.272. The van der Waals surface area contributed by atoms with Crippen LogP contribution in [0, 0.1) is 13.8 Å². The van der Waals surface area contributed by atoms with Crippen LogP contribution in [0.3, 0.4) is 0 Å². The van der Waals surface area contributed by atoms with Crippen LogP contribution in [0.5, 0.6) is 0 Å². The highest BCUT2D eigenvalue weighted by molar-refractivity contribution is 14.1. The SMILES string of the molecule is O=C(Cl)c1cnc(I)c(C(F)F)c1[N+](=O)[O-]. The van der Waals surface area contributed by atoms with Gasteiger partial charge in [-0.05, 0) is 34.2 Å². The third-order valence-corrected chi connectivity index (χ3v) is 2.72. The van der Waals surface area contributed by atoms with Crippen LogP contribution in [0.15, 0.2) is 6.20 Å². The van der Waals surface area contributed by atoms with E-state index in [2.05, 4.69) is 4.98 Å². The molecular weight excluding hydrogens is 360 g/mol. The Kier molecular flexibility index (Phi) is 4.08. The van der Waals surface area contributed by atoms with Crippen molar-refractivity contribution in [3.05, 3.63) is 31.1 Å². The first-order valence-corrected chi connectivity index (χ1v) is 5.12. The summed E-state index contributed by atoms with van der Waals surface area (Å²) in [5, 5.41) is 9.44. The van der Waals surface area contributed by atoms with Crippen molar-refractivity contribution in [2.24, 2.45) is 0 Å². The lowest BCUT2D eigenvalue weighted by Gasteiger charge is -2.05. The van der Waals surface area contributed by atoms with Gasteiger partial charge in [-0.2, -0.15) is 0 Å². The zero-order chi connectivity index (χ0) is 12.5. The first kappa shape index (κ1) is 13.2. The first-order valence-electron chi connectivity index (χ1n) is 3.67. The van der Waals surface area contributed by atoms with Gasteiger partial charge in [-0.15, -0.1) is 0 Å². The van der Waals surface area contributed by atoms with Crippen molar-refractivity contribution < 1.29 is 18.5 Å². The average molecular weight is 362 g/mol. The summed E-state index contributed by atoms with van der Waals surface area (Å²) in [5.41, 5.74) is -2.52. The lowest BCUT2D eigenvalue weighted by Crippen LogP contribution is -2.07. The Bertz CT molecular complexity index is 469. The van der Waals surface area contributed by atoms with Crippen LogP contribution >= 0.6 is 34.2 Å². The van der Waals surface area contributed by atoms with Gasteiger partial charge < -0.3 is 0 Å². The molecule has 1 aromatic rings. The van der Waals surface area contributed by atoms with Crippen LogP contribution in [-0.4, -0.2) is 15.1 Å². The second-order valence-electron chi connectivity index (χ2n) is 2.56. The summed E-state index contributed by atoms with van der Waals surface area (Å²) in [5.74, 6) is 0. The standard InChI is InChI=1S/C7H2ClF2IN2O3/c8-5(14)2-1-12-7(11)3(6(9)10)4(2)13(15)16/h1,6H. The Morgan fingerprint density at radius 2 is 2.19 bits per heavy atom. The van der Waals surface area contributed by atoms with Crippen molar-refractivity contribution in [3.63, 3.8) is 0 Å². The molecule has 1 rings (SSSR count). The number of carbonyl (C=O) groups is 1. The molecule has 1 heterocycles. The average Bonchev–Trinajstić information content (AvgIpc) is 2.15. The van der Waals surface area contributed by atoms with Gasteiger partial charge in [-0.25, -0.2) is 13.8 Å². The molecule has 0 spiro atoms. The minimum Gasteiger partial charge on any atom is -0.275 e. The summed E-state index contributed by atoms with van der Waals surface area (Å²) in [7, 11) is 0. The van der Waals surface area contributed by atoms with E-state index in [1.54, 1.807) is 0 Å². The summed E-state index contributed by atoms with van der Waals surface area (Å²) in [6.45, 7) is 0. The van der Waals surface area contributed by atoms with Crippen LogP contribution in [0.1, 0.15) is 22.3 Å². The van der Waals surface area contributed by atoms with Crippen LogP contribution in [-0.2, 0) is 0 Å². The van der Waals surface area contributed by atoms with E-state index in [9.17, 15) is 23.7 Å². The molecule has 0 saturated heterocycles. The number of rotatable bonds is 3. The summed E-state index contributed by atoms with van der Waals surface area (Å²) in [6, 6.07) is 0. The third-order valence-electron chi connectivity index (χ3n) is 1.65. The second kappa shape index (κ2) is 4.95. The number of aromatic nitrogens is 1. The first-order chi connectivity index (χ1) is 7.36. The highest BCUT2D eigenvalue weighted by Crippen LogP contribution is 2.34. The Hall–Kier alpha value is -0.900. The second-order valence-corrected chi connectivity index (χ2v) is 3.92. The molecule has 0 aliphatic heterocycles. The van der Waals surface area contributed by atoms with Gasteiger partial charge in [0.1, 0.15) is 14.8 Å². The maximum atomic E-state index is 12.6. The van der Waals surface area contributed by atoms with Crippen molar-refractivity contribution in [1.82, 2.24) is 4.98 Å². The van der Waals surface area contributed by atoms with Crippen LogP contribution in [0.4, 0.5) is 14.5 Å². The lowest BCUT2D eigenvalue weighted by atomic mass is 10.1. The van der Waals surface area contributed by atoms with E-state index in [0.717, 1.165) is 6.20 Å². The number of hydrogen-bond acceptors (Lipinski definition) is 4. The van der Waals surface area contributed by atoms with Gasteiger partial charge in [-0.1, -0.05) is 0 Å². The maximum absolute atomic E-state index is 12.6. The van der Waals surface area contributed by atoms with Crippen molar-refractivity contribution in [3.8, 4) is 0 Å². The largest absolute Gasteiger partial charge is 0.294 e. The minimum absolute atomic E-state index is 0.235. The molecule has 0 bridgehead atoms. The monoisotopic (exact) mass is 362 g/mol. The molecule has 0 saturated carbocycles. The van der Waals surface area contributed by atoms with Crippen molar-refractivity contribution in [2.75, 3.05) is 0 Å². The Labute approximate surface area is 106 Å². The van der Waals surface area contributed by atoms with Crippen molar-refractivity contribution >= 4 is 45.1 Å². The van der Waals surface area contributed by atoms with Gasteiger partial charge in [0.25, 0.3) is 17.4 Å². The molecule has 0 radical (unpaired) electrons. The summed E-state index contributed by atoms with van der Waals surface area (Å²) < 4.78 is 24.9. The predicted molar refractivity (Wildman–Crippen MR) is 58.7 cm³/mol. The van der Waals surface area contributed by atoms with E-state index in [4.69, 9.17) is 11.6 Å². The fourth-order valence-corrected chi connectivity index (χ4v) is 1.80. The predicted octanol–water partition coefficient (Wildman–Crippen LogP) is 2.91. The minimum atomic E-state index is -3.10. The Balaban J connectivity index is 3.63. The highest BCUT2D eigenvalue weighted by atomic mass is 127. The molecule has 0 fully saturated rings. The molecule has 5 nitrogen and oxygen atoms in total. The molecule has 0 aliphatic rings. The molecule has 9 heteroatoms. The van der Waals surface area contributed by atoms with E-state index in [-0.39, 0.29) is 3.70 Å². The van der Waals surface area contributed by atoms with Gasteiger partial charge in [0.15, 0.2) is 0 Å². The Morgan fingerprint density at radius 1 is 1.62 bits per heavy atom. The van der Waals surface area contributed by atoms with E-state index in [1.807, 2.05) is 0 Å². The molecule has 0 amide bonds. The maximum Gasteiger partial charge on any atom is 0.294 e. The van der Waals surface area contributed by atoms with E-state index >= 15 is 0 Å². The molecule has 0 unspecified atom stereocenters. The normalized spacial score (nSPS) is 10.6. The number of pyridine rings is 1. The van der Waals surface area contributed by atoms with Gasteiger partial charge in [-0.3, -0.25) is 14.9 Å². The van der Waals surface area contributed by atoms with E-state index in [1.165, 1.54) is 22.6 Å². The fourth-order valence-electron chi connectivity index (χ4n) is 1.03. The van der Waals surface area contributed by atoms with Crippen molar-refractivity contribution in [1.29, 1.82) is 0 Å². The number of hydrogen-bond donors (Lipinski definition) is 0. The molecule has 86 valence electrons. The van der Waals surface area contributed by atoms with Crippen LogP contribution < -0.4 is 0 Å². The smallest absolute Gasteiger partial charge is 0.275 e. The summed E-state index contributed by atoms with van der Waals surface area (Å²) >= 11 is 6.48. The molecule has 16 heavy (non-hydrogen) atoms. The number of halogens is 4. The zero-order valence-electron chi connectivity index (χ0n) is 7.29. The molecule has 0 aliphatic carbocycles. The van der Waals surface area contributed by atoms with Gasteiger partial charge in [0, 0.05) is 6.20 Å². The number of nitrogens with zero attached hydrogens (tertiary/aromatic N) is 2. The topological polar surface area (TPSA) is 73.1 Å². The molecule has 0 atom stereocenters. The van der Waals surface area contributed by atoms with E-state index < -0.39 is 33.4 Å². The summed E-state index contributed by atoms with van der Waals surface area (Å²) in [6.07, 6.45) is -2.29. The number of carbonyl (C=O) groups excluding carboxylic acids is 1. The molecule has 0 N–H and O–H groups in total. The molecule has 1 aromatic heterocycles. The lowest BCUT2D eigenvalue weighted by molar-refractivity contribution is -0.386. The van der Waals surface area contributed by atoms with Gasteiger partial charge in [0.05, 0.1) is 4.92 Å². The van der Waals surface area contributed by atoms with Crippen LogP contribution in [0.25, 0.3) is 0 Å². The fraction of sp³-hybridized carbons (Fsp3) is 0.143. The zero-order valence-corrected chi connectivity index (χ0v) is 10.2. The highest BCUT2D eigenvalue weighted by Gasteiger charge is 2.31. The Morgan fingerprint density at radius 3 is 2.56 bits per heavy atom.